The molecule has 0 fully saturated rings. The van der Waals surface area contributed by atoms with Gasteiger partial charge in [-0.3, -0.25) is 29.4 Å². The van der Waals surface area contributed by atoms with Gasteiger partial charge < -0.3 is 50.9 Å². The van der Waals surface area contributed by atoms with Crippen molar-refractivity contribution in [1.29, 1.82) is 0 Å². The zero-order valence-corrected chi connectivity index (χ0v) is 81.1. The van der Waals surface area contributed by atoms with Crippen LogP contribution in [0.1, 0.15) is 183 Å². The molecule has 6 amide bonds. The number of hydrogen-bond acceptors (Lipinski definition) is 14. The summed E-state index contributed by atoms with van der Waals surface area (Å²) in [6.45, 7) is 14.5. The average Bonchev–Trinajstić information content (AvgIpc) is 1.63. The minimum atomic E-state index is -0.474. The number of benzene rings is 11. The van der Waals surface area contributed by atoms with Crippen molar-refractivity contribution in [2.45, 2.75) is 130 Å². The van der Waals surface area contributed by atoms with E-state index in [-0.39, 0.29) is 42.4 Å². The lowest BCUT2D eigenvalue weighted by Crippen LogP contribution is -2.33. The summed E-state index contributed by atoms with van der Waals surface area (Å²) in [5.74, 6) is 16.6. The van der Waals surface area contributed by atoms with E-state index in [0.29, 0.717) is 41.9 Å². The molecule has 0 radical (unpaired) electrons. The number of terminal acetylenes is 1. The molecule has 2 heterocycles. The van der Waals surface area contributed by atoms with Gasteiger partial charge in [0.05, 0.1) is 60.3 Å². The molecule has 129 heavy (non-hydrogen) atoms. The number of aryl methyl sites for hydroxylation is 6. The number of aliphatic hydroxyl groups is 1. The van der Waals surface area contributed by atoms with Gasteiger partial charge in [0.25, 0.3) is 23.6 Å². The van der Waals surface area contributed by atoms with Crippen molar-refractivity contribution < 1.29 is 57.6 Å². The van der Waals surface area contributed by atoms with Crippen molar-refractivity contribution in [2.24, 2.45) is 11.5 Å². The van der Waals surface area contributed by atoms with Gasteiger partial charge >= 0.3 is 12.2 Å². The number of ether oxygens (including phenoxy) is 5. The minimum absolute atomic E-state index is 0.176. The first kappa shape index (κ1) is 106. The second-order valence-corrected chi connectivity index (χ2v) is 34.7. The molecule has 0 saturated carbocycles. The molecule has 0 aliphatic carbocycles. The molecule has 0 unspecified atom stereocenters. The highest BCUT2D eigenvalue weighted by atomic mass is 79.9. The third kappa shape index (κ3) is 41.4. The quantitative estimate of drug-likeness (QED) is 0.0187. The number of carbonyl (C=O) groups is 6. The number of alkyl carbamates (subject to hydrolysis) is 2. The normalized spacial score (nSPS) is 11.1. The number of halogens is 4. The van der Waals surface area contributed by atoms with Crippen LogP contribution < -0.4 is 41.6 Å². The van der Waals surface area contributed by atoms with Gasteiger partial charge in [-0.1, -0.05) is 227 Å². The molecule has 0 aromatic heterocycles. The van der Waals surface area contributed by atoms with E-state index in [9.17, 15) is 28.8 Å². The maximum atomic E-state index is 12.2. The minimum Gasteiger partial charge on any atom is -0.495 e. The Balaban J connectivity index is 0.000000232. The zero-order chi connectivity index (χ0) is 93.8. The number of methoxy groups -OCH3 is 3. The summed E-state index contributed by atoms with van der Waals surface area (Å²) in [6.07, 6.45) is 15.6. The topological polar surface area (TPSA) is 260 Å². The van der Waals surface area contributed by atoms with Crippen molar-refractivity contribution in [2.75, 3.05) is 60.7 Å². The largest absolute Gasteiger partial charge is 0.495 e. The Hall–Kier alpha value is -11.9. The van der Waals surface area contributed by atoms with Crippen LogP contribution in [0.4, 0.5) is 9.59 Å². The second-order valence-electron chi connectivity index (χ2n) is 31.1. The van der Waals surface area contributed by atoms with Crippen LogP contribution in [0.15, 0.2) is 285 Å². The van der Waals surface area contributed by atoms with Crippen LogP contribution in [0.25, 0.3) is 0 Å². The summed E-state index contributed by atoms with van der Waals surface area (Å²) >= 11 is 13.7. The molecule has 13 rings (SSSR count). The standard InChI is InChI=1S/C23H27NO3.C18H19NO.C17H14BrNO2.C14H20BrNO2.C9H12BrN.C9H11BrO.C9H8O.C8H5NO2/c1-23(2,3)27-22(25)24-16-8-11-18-9-7-10-19(17-18)14-15-20-12-5-6-13-21(20)26-4;1-20-18-10-3-2-9-17(18)12-11-16-7-4-6-15(14-16)8-5-13-19;18-13-7-3-5-12(11-13)6-4-10-19-16(20)14-8-1-2-9-15(14)17(19)21;1-14(2,3)18-13(17)16-9-5-7-11-6-4-8-12(15)10-11;2*10-9-5-1-3-8(7-9)4-2-6-11;1-3-8-6-4-5-7-9(8)10-2;10-7-5-3-1-2-4-6(5)8(11)9-7/h5-7,9-10,12-13,17H,8,11,16H2,1-4H3,(H,24,25);2-4,6-7,9-10,14H,5,8,13,19H2,1H3;1-3,5,7-9,11H,4,6,10H2;4,6,8,10H,5,7,9H2,1-3H3,(H,16,17);1,3,5,7H,2,4,6,11H2;1,3,5,7,11H,2,4,6H2;1,4-7H,2H3;1-4H,(H,9,10,11). The van der Waals surface area contributed by atoms with Crippen molar-refractivity contribution in [3.63, 3.8) is 0 Å². The monoisotopic (exact) mass is 1990 g/mol. The summed E-state index contributed by atoms with van der Waals surface area (Å²) in [4.78, 5) is 70.7. The van der Waals surface area contributed by atoms with Gasteiger partial charge in [0.15, 0.2) is 0 Å². The number of nitrogens with zero attached hydrogens (tertiary/aromatic N) is 1. The molecule has 2 aliphatic rings. The van der Waals surface area contributed by atoms with Gasteiger partial charge in [-0.2, -0.15) is 0 Å². The van der Waals surface area contributed by atoms with E-state index in [1.54, 1.807) is 69.9 Å². The smallest absolute Gasteiger partial charge is 0.407 e. The number of nitrogens with one attached hydrogen (secondary N) is 3. The highest BCUT2D eigenvalue weighted by Crippen LogP contribution is 2.26. The molecule has 0 bridgehead atoms. The maximum absolute atomic E-state index is 12.2. The molecule has 2 aliphatic heterocycles. The van der Waals surface area contributed by atoms with Crippen LogP contribution in [-0.4, -0.2) is 118 Å². The Kier molecular flexibility index (Phi) is 48.1. The molecule has 674 valence electrons. The Labute approximate surface area is 795 Å². The number of nitrogens with two attached hydrogens (primary N) is 2. The number of carbonyl (C=O) groups excluding carboxylic acids is 6. The van der Waals surface area contributed by atoms with E-state index >= 15 is 0 Å². The second kappa shape index (κ2) is 58.6. The fourth-order valence-electron chi connectivity index (χ4n) is 12.4. The lowest BCUT2D eigenvalue weighted by molar-refractivity contribution is 0.0515. The van der Waals surface area contributed by atoms with Crippen LogP contribution in [0, 0.1) is 36.0 Å². The fourth-order valence-corrected chi connectivity index (χ4v) is 14.2. The van der Waals surface area contributed by atoms with E-state index in [4.69, 9.17) is 46.7 Å². The van der Waals surface area contributed by atoms with Crippen molar-refractivity contribution in [1.82, 2.24) is 20.9 Å². The Morgan fingerprint density at radius 1 is 0.388 bits per heavy atom. The molecule has 22 heteroatoms. The van der Waals surface area contributed by atoms with Crippen LogP contribution >= 0.6 is 63.7 Å². The lowest BCUT2D eigenvalue weighted by Gasteiger charge is -2.19. The highest BCUT2D eigenvalue weighted by molar-refractivity contribution is 9.11. The van der Waals surface area contributed by atoms with E-state index in [1.165, 1.54) is 38.3 Å². The summed E-state index contributed by atoms with van der Waals surface area (Å²) in [6, 6.07) is 85.9. The van der Waals surface area contributed by atoms with Gasteiger partial charge in [0, 0.05) is 55.3 Å². The summed E-state index contributed by atoms with van der Waals surface area (Å²) in [5, 5.41) is 16.3. The molecule has 18 nitrogen and oxygen atoms in total. The van der Waals surface area contributed by atoms with Gasteiger partial charge in [-0.25, -0.2) is 9.59 Å². The third-order valence-electron chi connectivity index (χ3n) is 18.5. The molecular formula is C107H116Br4N6O12. The Morgan fingerprint density at radius 2 is 0.690 bits per heavy atom. The number of rotatable bonds is 24. The first-order valence-corrected chi connectivity index (χ1v) is 45.6. The number of para-hydroxylation sites is 3. The van der Waals surface area contributed by atoms with Crippen molar-refractivity contribution >= 4 is 99.5 Å². The number of hydrogen-bond donors (Lipinski definition) is 6. The van der Waals surface area contributed by atoms with E-state index in [1.807, 2.05) is 187 Å². The Morgan fingerprint density at radius 3 is 1.02 bits per heavy atom. The lowest BCUT2D eigenvalue weighted by atomic mass is 10.1. The molecule has 11 aromatic rings. The van der Waals surface area contributed by atoms with Crippen LogP contribution in [0.2, 0.25) is 0 Å². The van der Waals surface area contributed by atoms with Crippen LogP contribution in [0.3, 0.4) is 0 Å². The Bertz CT molecular complexity index is 5460. The van der Waals surface area contributed by atoms with Crippen molar-refractivity contribution in [3.05, 3.63) is 368 Å². The number of aliphatic hydroxyl groups excluding tert-OH is 1. The van der Waals surface area contributed by atoms with Gasteiger partial charge in [-0.15, -0.1) is 6.42 Å². The summed E-state index contributed by atoms with van der Waals surface area (Å²) < 4.78 is 30.4. The SMILES string of the molecule is C#Cc1ccccc1OC.CC(C)(C)OC(=O)NCCCc1cccc(Br)c1.COc1ccccc1C#Cc1cccc(CCCN)c1.COc1ccccc1C#Cc1cccc(CCCNC(=O)OC(C)(C)C)c1.NCCCc1cccc(Br)c1.O=C1NC(=O)c2ccccc21.O=C1c2ccccc2C(=O)N1CCCc1cccc(Br)c1.OCCCc1cccc(Br)c1. The first-order chi connectivity index (χ1) is 62.1. The molecular weight excluding hydrogens is 1880 g/mol. The number of fused-ring (bicyclic) bond motifs is 2. The van der Waals surface area contributed by atoms with E-state index in [0.717, 1.165) is 153 Å². The maximum Gasteiger partial charge on any atom is 0.407 e. The number of amides is 6. The predicted molar refractivity (Wildman–Crippen MR) is 532 cm³/mol. The van der Waals surface area contributed by atoms with Crippen molar-refractivity contribution in [3.8, 4) is 53.3 Å². The molecule has 8 N–H and O–H groups in total. The van der Waals surface area contributed by atoms with Gasteiger partial charge in [-0.05, 0) is 299 Å². The molecule has 0 atom stereocenters. The summed E-state index contributed by atoms with van der Waals surface area (Å²) in [5.41, 5.74) is 24.1. The van der Waals surface area contributed by atoms with Gasteiger partial charge in [0.1, 0.15) is 28.5 Å². The number of imide groups is 2. The van der Waals surface area contributed by atoms with E-state index in [2.05, 4.69) is 182 Å². The predicted octanol–water partition coefficient (Wildman–Crippen LogP) is 22.1. The average molecular weight is 2000 g/mol. The fraction of sp³-hybridized carbons (Fsp3) is 0.271. The molecule has 0 spiro atoms. The third-order valence-corrected chi connectivity index (χ3v) is 20.5. The zero-order valence-electron chi connectivity index (χ0n) is 74.8. The van der Waals surface area contributed by atoms with Crippen LogP contribution in [-0.2, 0) is 48.0 Å². The van der Waals surface area contributed by atoms with Gasteiger partial charge in [0.2, 0.25) is 0 Å². The molecule has 11 aromatic carbocycles. The van der Waals surface area contributed by atoms with E-state index < -0.39 is 11.2 Å². The first-order valence-electron chi connectivity index (χ1n) is 42.5. The van der Waals surface area contributed by atoms with Crippen LogP contribution in [0.5, 0.6) is 17.2 Å². The highest BCUT2D eigenvalue weighted by Gasteiger charge is 2.34. The molecule has 0 saturated heterocycles. The summed E-state index contributed by atoms with van der Waals surface area (Å²) in [7, 11) is 4.91.